The highest BCUT2D eigenvalue weighted by molar-refractivity contribution is 9.10. The molecule has 2 aromatic rings. The van der Waals surface area contributed by atoms with Crippen LogP contribution in [0.1, 0.15) is 23.8 Å². The van der Waals surface area contributed by atoms with E-state index in [1.54, 1.807) is 31.2 Å². The van der Waals surface area contributed by atoms with Crippen molar-refractivity contribution in [1.82, 2.24) is 5.43 Å². The van der Waals surface area contributed by atoms with E-state index in [9.17, 15) is 4.79 Å². The predicted molar refractivity (Wildman–Crippen MR) is 93.2 cm³/mol. The summed E-state index contributed by atoms with van der Waals surface area (Å²) in [6, 6.07) is 7.05. The van der Waals surface area contributed by atoms with Gasteiger partial charge in [0.05, 0.1) is 6.21 Å². The molecular weight excluding hydrogens is 384 g/mol. The number of rotatable bonds is 5. The van der Waals surface area contributed by atoms with Crippen LogP contribution < -0.4 is 10.2 Å². The molecule has 0 aliphatic heterocycles. The second kappa shape index (κ2) is 7.66. The van der Waals surface area contributed by atoms with E-state index in [4.69, 9.17) is 20.8 Å². The Morgan fingerprint density at radius 2 is 2.04 bits per heavy atom. The van der Waals surface area contributed by atoms with Crippen molar-refractivity contribution in [2.24, 2.45) is 5.10 Å². The van der Waals surface area contributed by atoms with Gasteiger partial charge in [-0.2, -0.15) is 5.10 Å². The summed E-state index contributed by atoms with van der Waals surface area (Å²) in [7, 11) is 0. The van der Waals surface area contributed by atoms with Crippen LogP contribution in [0.15, 0.2) is 38.5 Å². The molecule has 1 N–H and O–H groups in total. The summed E-state index contributed by atoms with van der Waals surface area (Å²) >= 11 is 9.30. The minimum Gasteiger partial charge on any atom is -0.481 e. The molecule has 0 bridgehead atoms. The van der Waals surface area contributed by atoms with Crippen LogP contribution in [0.5, 0.6) is 5.75 Å². The topological polar surface area (TPSA) is 63.8 Å². The lowest BCUT2D eigenvalue weighted by Crippen LogP contribution is -2.33. The number of nitrogens with zero attached hydrogens (tertiary/aromatic N) is 1. The van der Waals surface area contributed by atoms with Crippen LogP contribution in [0, 0.1) is 13.8 Å². The summed E-state index contributed by atoms with van der Waals surface area (Å²) in [5.74, 6) is 0.748. The zero-order chi connectivity index (χ0) is 17.0. The summed E-state index contributed by atoms with van der Waals surface area (Å²) < 4.78 is 11.4. The number of aryl methyl sites for hydroxylation is 2. The smallest absolute Gasteiger partial charge is 0.280 e. The molecule has 0 fully saturated rings. The fourth-order valence-electron chi connectivity index (χ4n) is 1.88. The Balaban J connectivity index is 1.93. The molecular formula is C16H16BrClN2O3. The summed E-state index contributed by atoms with van der Waals surface area (Å²) in [4.78, 5) is 12.0. The lowest BCUT2D eigenvalue weighted by molar-refractivity contribution is -0.127. The summed E-state index contributed by atoms with van der Waals surface area (Å²) in [5.41, 5.74) is 4.20. The molecule has 0 saturated heterocycles. The number of nitrogens with one attached hydrogen (secondary N) is 1. The molecule has 1 heterocycles. The van der Waals surface area contributed by atoms with Gasteiger partial charge in [0.2, 0.25) is 0 Å². The molecule has 1 atom stereocenters. The molecule has 1 aromatic carbocycles. The molecule has 0 spiro atoms. The maximum atomic E-state index is 12.0. The first-order valence-corrected chi connectivity index (χ1v) is 8.05. The highest BCUT2D eigenvalue weighted by Crippen LogP contribution is 2.26. The number of halogens is 2. The van der Waals surface area contributed by atoms with E-state index in [1.807, 2.05) is 13.8 Å². The Bertz CT molecular complexity index is 720. The molecule has 1 aromatic heterocycles. The van der Waals surface area contributed by atoms with Crippen LogP contribution in [-0.4, -0.2) is 18.2 Å². The molecule has 0 aliphatic rings. The van der Waals surface area contributed by atoms with E-state index in [-0.39, 0.29) is 5.91 Å². The lowest BCUT2D eigenvalue weighted by atomic mass is 10.1. The van der Waals surface area contributed by atoms with Crippen molar-refractivity contribution in [3.8, 4) is 5.75 Å². The summed E-state index contributed by atoms with van der Waals surface area (Å²) in [6.07, 6.45) is 0.710. The van der Waals surface area contributed by atoms with Crippen LogP contribution in [-0.2, 0) is 4.79 Å². The van der Waals surface area contributed by atoms with Gasteiger partial charge in [0, 0.05) is 5.02 Å². The Morgan fingerprint density at radius 3 is 2.61 bits per heavy atom. The van der Waals surface area contributed by atoms with Gasteiger partial charge in [0.1, 0.15) is 11.5 Å². The lowest BCUT2D eigenvalue weighted by Gasteiger charge is -2.14. The average molecular weight is 400 g/mol. The van der Waals surface area contributed by atoms with Crippen molar-refractivity contribution >= 4 is 39.7 Å². The third-order valence-electron chi connectivity index (χ3n) is 3.05. The second-order valence-corrected chi connectivity index (χ2v) is 6.17. The number of carbonyl (C=O) groups excluding carboxylic acids is 1. The van der Waals surface area contributed by atoms with Crippen LogP contribution in [0.25, 0.3) is 0 Å². The Labute approximate surface area is 147 Å². The van der Waals surface area contributed by atoms with Crippen molar-refractivity contribution in [3.05, 3.63) is 50.8 Å². The fraction of sp³-hybridized carbons (Fsp3) is 0.250. The molecule has 2 rings (SSSR count). The fourth-order valence-corrected chi connectivity index (χ4v) is 2.31. The number of hydrogen-bond donors (Lipinski definition) is 1. The third kappa shape index (κ3) is 4.84. The van der Waals surface area contributed by atoms with Crippen molar-refractivity contribution in [2.75, 3.05) is 0 Å². The zero-order valence-electron chi connectivity index (χ0n) is 12.9. The highest BCUT2D eigenvalue weighted by Gasteiger charge is 2.15. The quantitative estimate of drug-likeness (QED) is 0.604. The zero-order valence-corrected chi connectivity index (χ0v) is 15.2. The van der Waals surface area contributed by atoms with Crippen molar-refractivity contribution < 1.29 is 13.9 Å². The van der Waals surface area contributed by atoms with Crippen LogP contribution in [0.3, 0.4) is 0 Å². The van der Waals surface area contributed by atoms with Gasteiger partial charge in [-0.05, 0) is 72.1 Å². The number of ether oxygens (including phenoxy) is 1. The Kier molecular flexibility index (Phi) is 5.85. The molecule has 5 nitrogen and oxygen atoms in total. The summed E-state index contributed by atoms with van der Waals surface area (Å²) in [6.45, 7) is 5.42. The van der Waals surface area contributed by atoms with Gasteiger partial charge < -0.3 is 9.15 Å². The first-order valence-electron chi connectivity index (χ1n) is 6.88. The van der Waals surface area contributed by atoms with E-state index < -0.39 is 6.10 Å². The third-order valence-corrected chi connectivity index (χ3v) is 4.07. The molecule has 23 heavy (non-hydrogen) atoms. The van der Waals surface area contributed by atoms with Gasteiger partial charge in [-0.3, -0.25) is 4.79 Å². The minimum absolute atomic E-state index is 0.364. The number of carbonyl (C=O) groups is 1. The van der Waals surface area contributed by atoms with Gasteiger partial charge in [-0.15, -0.1) is 0 Å². The normalized spacial score (nSPS) is 12.4. The molecule has 0 radical (unpaired) electrons. The standard InChI is InChI=1S/C16H16BrClN2O3/c1-9-6-13(7-10(2)15(9)18)22-11(3)16(21)20-19-8-12-4-5-14(17)23-12/h4-8,11H,1-3H3,(H,20,21)/b19-8+. The second-order valence-electron chi connectivity index (χ2n) is 5.01. The van der Waals surface area contributed by atoms with Crippen LogP contribution >= 0.6 is 27.5 Å². The SMILES string of the molecule is Cc1cc(OC(C)C(=O)N/N=C/c2ccc(Br)o2)cc(C)c1Cl. The molecule has 0 saturated carbocycles. The van der Waals surface area contributed by atoms with Crippen molar-refractivity contribution in [3.63, 3.8) is 0 Å². The van der Waals surface area contributed by atoms with E-state index >= 15 is 0 Å². The van der Waals surface area contributed by atoms with Crippen LogP contribution in [0.2, 0.25) is 5.02 Å². The number of amides is 1. The number of hydrogen-bond acceptors (Lipinski definition) is 4. The number of furan rings is 1. The van der Waals surface area contributed by atoms with Gasteiger partial charge >= 0.3 is 0 Å². The van der Waals surface area contributed by atoms with Crippen molar-refractivity contribution in [2.45, 2.75) is 26.9 Å². The molecule has 1 amide bonds. The van der Waals surface area contributed by atoms with Gasteiger partial charge in [-0.1, -0.05) is 11.6 Å². The molecule has 7 heteroatoms. The average Bonchev–Trinajstić information content (AvgIpc) is 2.90. The molecule has 122 valence electrons. The molecule has 1 unspecified atom stereocenters. The van der Waals surface area contributed by atoms with E-state index in [1.165, 1.54) is 6.21 Å². The monoisotopic (exact) mass is 398 g/mol. The maximum Gasteiger partial charge on any atom is 0.280 e. The number of benzene rings is 1. The maximum absolute atomic E-state index is 12.0. The van der Waals surface area contributed by atoms with Gasteiger partial charge in [0.15, 0.2) is 10.8 Å². The Hall–Kier alpha value is -1.79. The molecule has 0 aliphatic carbocycles. The Morgan fingerprint density at radius 1 is 1.39 bits per heavy atom. The number of hydrazone groups is 1. The highest BCUT2D eigenvalue weighted by atomic mass is 79.9. The van der Waals surface area contributed by atoms with Crippen molar-refractivity contribution in [1.29, 1.82) is 0 Å². The minimum atomic E-state index is -0.699. The van der Waals surface area contributed by atoms with E-state index in [2.05, 4.69) is 26.5 Å². The van der Waals surface area contributed by atoms with E-state index in [0.717, 1.165) is 11.1 Å². The largest absolute Gasteiger partial charge is 0.481 e. The van der Waals surface area contributed by atoms with Gasteiger partial charge in [0.25, 0.3) is 5.91 Å². The van der Waals surface area contributed by atoms with E-state index in [0.29, 0.717) is 21.2 Å². The predicted octanol–water partition coefficient (Wildman–Crippen LogP) is 4.23. The van der Waals surface area contributed by atoms with Crippen LogP contribution in [0.4, 0.5) is 0 Å². The first kappa shape index (κ1) is 17.6. The first-order chi connectivity index (χ1) is 10.9. The van der Waals surface area contributed by atoms with Gasteiger partial charge in [-0.25, -0.2) is 5.43 Å². The summed E-state index contributed by atoms with van der Waals surface area (Å²) in [5, 5.41) is 4.52.